The highest BCUT2D eigenvalue weighted by Crippen LogP contribution is 2.33. The van der Waals surface area contributed by atoms with Crippen LogP contribution in [0.1, 0.15) is 0 Å². The second-order valence-corrected chi connectivity index (χ2v) is 6.03. The fraction of sp³-hybridized carbons (Fsp3) is 0.0769. The third-order valence-electron chi connectivity index (χ3n) is 2.44. The van der Waals surface area contributed by atoms with Crippen molar-refractivity contribution in [1.29, 1.82) is 0 Å². The van der Waals surface area contributed by atoms with Crippen molar-refractivity contribution < 1.29 is 34.9 Å². The molecule has 2 rings (SSSR count). The van der Waals surface area contributed by atoms with E-state index in [1.807, 2.05) is 0 Å². The average Bonchev–Trinajstić information content (AvgIpc) is 2.40. The quantitative estimate of drug-likeness (QED) is 0.599. The number of benzene rings is 2. The number of halogens is 5. The molecular weight excluding hydrogens is 364 g/mol. The zero-order chi connectivity index (χ0) is 17.3. The third-order valence-corrected chi connectivity index (χ3v) is 4.01. The molecule has 0 heterocycles. The lowest BCUT2D eigenvalue weighted by Gasteiger charge is -2.14. The molecule has 0 N–H and O–H groups in total. The van der Waals surface area contributed by atoms with E-state index in [1.165, 1.54) is 6.07 Å². The molecule has 0 aromatic heterocycles. The summed E-state index contributed by atoms with van der Waals surface area (Å²) >= 11 is 5.63. The second kappa shape index (κ2) is 6.25. The van der Waals surface area contributed by atoms with Crippen LogP contribution in [-0.4, -0.2) is 14.8 Å². The number of rotatable bonds is 4. The number of alkyl halides is 3. The van der Waals surface area contributed by atoms with Crippen LogP contribution in [0.25, 0.3) is 0 Å². The van der Waals surface area contributed by atoms with Crippen molar-refractivity contribution in [1.82, 2.24) is 0 Å². The lowest BCUT2D eigenvalue weighted by Crippen LogP contribution is -2.20. The van der Waals surface area contributed by atoms with E-state index in [2.05, 4.69) is 8.92 Å². The smallest absolute Gasteiger partial charge is 0.404 e. The fourth-order valence-electron chi connectivity index (χ4n) is 1.57. The number of hydrogen-bond acceptors (Lipinski definition) is 4. The van der Waals surface area contributed by atoms with Crippen LogP contribution in [0, 0.1) is 5.82 Å². The van der Waals surface area contributed by atoms with Crippen molar-refractivity contribution in [3.63, 3.8) is 0 Å². The Hall–Kier alpha value is -2.00. The summed E-state index contributed by atoms with van der Waals surface area (Å²) in [6, 6.07) is 6.64. The largest absolute Gasteiger partial charge is 0.573 e. The number of hydrogen-bond donors (Lipinski definition) is 0. The van der Waals surface area contributed by atoms with Crippen molar-refractivity contribution >= 4 is 21.7 Å². The van der Waals surface area contributed by atoms with Gasteiger partial charge in [-0.25, -0.2) is 4.39 Å². The van der Waals surface area contributed by atoms with Gasteiger partial charge in [-0.15, -0.1) is 13.2 Å². The Labute approximate surface area is 133 Å². The minimum Gasteiger partial charge on any atom is -0.404 e. The van der Waals surface area contributed by atoms with Gasteiger partial charge in [0.05, 0.1) is 5.02 Å². The van der Waals surface area contributed by atoms with Crippen molar-refractivity contribution in [3.8, 4) is 11.5 Å². The summed E-state index contributed by atoms with van der Waals surface area (Å²) in [6.45, 7) is 0. The highest BCUT2D eigenvalue weighted by molar-refractivity contribution is 7.87. The molecule has 0 aliphatic heterocycles. The van der Waals surface area contributed by atoms with Crippen LogP contribution in [0.15, 0.2) is 47.4 Å². The normalized spacial score (nSPS) is 12.0. The van der Waals surface area contributed by atoms with Gasteiger partial charge >= 0.3 is 16.5 Å². The minimum absolute atomic E-state index is 0.359. The van der Waals surface area contributed by atoms with Crippen LogP contribution in [-0.2, 0) is 10.1 Å². The Bertz CT molecular complexity index is 821. The van der Waals surface area contributed by atoms with E-state index in [0.29, 0.717) is 0 Å². The highest BCUT2D eigenvalue weighted by atomic mass is 35.5. The van der Waals surface area contributed by atoms with Gasteiger partial charge in [0.2, 0.25) is 0 Å². The Morgan fingerprint density at radius 3 is 2.26 bits per heavy atom. The molecule has 0 aliphatic rings. The molecular formula is C13H7ClF4O4S. The van der Waals surface area contributed by atoms with Crippen molar-refractivity contribution in [2.24, 2.45) is 0 Å². The molecule has 0 saturated heterocycles. The third kappa shape index (κ3) is 4.49. The van der Waals surface area contributed by atoms with Gasteiger partial charge in [0.1, 0.15) is 10.7 Å². The predicted octanol–water partition coefficient (Wildman–Crippen LogP) is 4.15. The maximum atomic E-state index is 12.9. The topological polar surface area (TPSA) is 52.6 Å². The molecule has 124 valence electrons. The van der Waals surface area contributed by atoms with E-state index >= 15 is 0 Å². The molecule has 4 nitrogen and oxygen atoms in total. The molecule has 10 heteroatoms. The first-order chi connectivity index (χ1) is 10.6. The summed E-state index contributed by atoms with van der Waals surface area (Å²) in [7, 11) is -4.68. The van der Waals surface area contributed by atoms with E-state index < -0.39 is 38.7 Å². The van der Waals surface area contributed by atoms with Gasteiger partial charge in [-0.1, -0.05) is 23.7 Å². The Balaban J connectivity index is 2.40. The standard InChI is InChI=1S/C13H7ClF4O4S/c14-9-7-8(15)5-6-10(9)22-23(19,20)12-4-2-1-3-11(12)21-13(16,17)18/h1-7H. The summed E-state index contributed by atoms with van der Waals surface area (Å²) < 4.78 is 82.4. The SMILES string of the molecule is O=S(=O)(Oc1ccc(F)cc1Cl)c1ccccc1OC(F)(F)F. The van der Waals surface area contributed by atoms with Crippen LogP contribution < -0.4 is 8.92 Å². The van der Waals surface area contributed by atoms with Crippen LogP contribution in [0.3, 0.4) is 0 Å². The number of ether oxygens (including phenoxy) is 1. The maximum Gasteiger partial charge on any atom is 0.573 e. The average molecular weight is 371 g/mol. The molecule has 2 aromatic carbocycles. The first kappa shape index (κ1) is 17.4. The summed E-state index contributed by atoms with van der Waals surface area (Å²) in [5.74, 6) is -2.13. The molecule has 0 atom stereocenters. The van der Waals surface area contributed by atoms with E-state index in [0.717, 1.165) is 36.4 Å². The van der Waals surface area contributed by atoms with Crippen molar-refractivity contribution in [3.05, 3.63) is 53.3 Å². The van der Waals surface area contributed by atoms with E-state index in [4.69, 9.17) is 11.6 Å². The zero-order valence-corrected chi connectivity index (χ0v) is 12.5. The van der Waals surface area contributed by atoms with E-state index in [-0.39, 0.29) is 5.02 Å². The maximum absolute atomic E-state index is 12.9. The van der Waals surface area contributed by atoms with Gasteiger partial charge in [-0.3, -0.25) is 0 Å². The van der Waals surface area contributed by atoms with Gasteiger partial charge in [-0.2, -0.15) is 8.42 Å². The van der Waals surface area contributed by atoms with Crippen LogP contribution >= 0.6 is 11.6 Å². The Morgan fingerprint density at radius 2 is 1.65 bits per heavy atom. The first-order valence-electron chi connectivity index (χ1n) is 5.83. The number of para-hydroxylation sites is 1. The molecule has 0 aliphatic carbocycles. The second-order valence-electron chi connectivity index (χ2n) is 4.11. The van der Waals surface area contributed by atoms with Gasteiger partial charge in [0.15, 0.2) is 11.5 Å². The molecule has 0 fully saturated rings. The summed E-state index contributed by atoms with van der Waals surface area (Å²) in [4.78, 5) is -0.849. The van der Waals surface area contributed by atoms with Crippen LogP contribution in [0.2, 0.25) is 5.02 Å². The summed E-state index contributed by atoms with van der Waals surface area (Å²) in [5.41, 5.74) is 0. The monoisotopic (exact) mass is 370 g/mol. The summed E-state index contributed by atoms with van der Waals surface area (Å²) in [5, 5.41) is -0.359. The molecule has 0 saturated carbocycles. The zero-order valence-electron chi connectivity index (χ0n) is 11.0. The first-order valence-corrected chi connectivity index (χ1v) is 7.61. The van der Waals surface area contributed by atoms with Gasteiger partial charge in [-0.05, 0) is 30.3 Å². The van der Waals surface area contributed by atoms with Gasteiger partial charge in [0, 0.05) is 0 Å². The van der Waals surface area contributed by atoms with Crippen LogP contribution in [0.4, 0.5) is 17.6 Å². The van der Waals surface area contributed by atoms with Crippen molar-refractivity contribution in [2.75, 3.05) is 0 Å². The lowest BCUT2D eigenvalue weighted by molar-refractivity contribution is -0.275. The van der Waals surface area contributed by atoms with E-state index in [1.54, 1.807) is 0 Å². The Morgan fingerprint density at radius 1 is 1.00 bits per heavy atom. The van der Waals surface area contributed by atoms with Crippen LogP contribution in [0.5, 0.6) is 11.5 Å². The van der Waals surface area contributed by atoms with E-state index in [9.17, 15) is 26.0 Å². The predicted molar refractivity (Wildman–Crippen MR) is 72.3 cm³/mol. The Kier molecular flexibility index (Phi) is 4.71. The lowest BCUT2D eigenvalue weighted by atomic mass is 10.3. The highest BCUT2D eigenvalue weighted by Gasteiger charge is 2.34. The molecule has 2 aromatic rings. The van der Waals surface area contributed by atoms with Gasteiger partial charge < -0.3 is 8.92 Å². The van der Waals surface area contributed by atoms with Gasteiger partial charge in [0.25, 0.3) is 0 Å². The molecule has 0 spiro atoms. The molecule has 0 amide bonds. The molecule has 0 unspecified atom stereocenters. The minimum atomic E-state index is -5.08. The summed E-state index contributed by atoms with van der Waals surface area (Å²) in [6.07, 6.45) is -5.08. The molecule has 23 heavy (non-hydrogen) atoms. The molecule has 0 bridgehead atoms. The van der Waals surface area contributed by atoms with Crippen molar-refractivity contribution in [2.45, 2.75) is 11.3 Å². The molecule has 0 radical (unpaired) electrons. The fourth-order valence-corrected chi connectivity index (χ4v) is 2.90.